The van der Waals surface area contributed by atoms with Crippen molar-refractivity contribution in [2.45, 2.75) is 37.7 Å². The molecule has 0 unspecified atom stereocenters. The summed E-state index contributed by atoms with van der Waals surface area (Å²) in [4.78, 5) is 12.5. The van der Waals surface area contributed by atoms with Crippen molar-refractivity contribution in [3.63, 3.8) is 0 Å². The van der Waals surface area contributed by atoms with Gasteiger partial charge in [0, 0.05) is 11.3 Å². The molecule has 0 heterocycles. The van der Waals surface area contributed by atoms with Crippen LogP contribution in [0.3, 0.4) is 0 Å². The first-order chi connectivity index (χ1) is 12.6. The molecule has 4 aliphatic rings. The molecule has 2 aromatic carbocycles. The molecule has 1 amide bonds. The minimum absolute atomic E-state index is 0.111. The first kappa shape index (κ1) is 16.1. The zero-order chi connectivity index (χ0) is 17.7. The molecule has 0 radical (unpaired) electrons. The molecule has 4 saturated carbocycles. The maximum Gasteiger partial charge on any atom is 0.255 e. The number of carbonyl (C=O) groups is 1. The highest BCUT2D eigenvalue weighted by molar-refractivity contribution is 6.04. The molecule has 134 valence electrons. The molecule has 3 heteroatoms. The molecule has 3 nitrogen and oxygen atoms in total. The third-order valence-electron chi connectivity index (χ3n) is 7.00. The van der Waals surface area contributed by atoms with E-state index in [-0.39, 0.29) is 5.91 Å². The Kier molecular flexibility index (Phi) is 3.68. The van der Waals surface area contributed by atoms with Crippen molar-refractivity contribution in [2.75, 3.05) is 5.32 Å². The van der Waals surface area contributed by atoms with Crippen molar-refractivity contribution >= 4 is 11.6 Å². The van der Waals surface area contributed by atoms with Crippen LogP contribution in [0.1, 0.15) is 48.0 Å². The van der Waals surface area contributed by atoms with E-state index in [1.54, 1.807) is 0 Å². The predicted octanol–water partition coefficient (Wildman–Crippen LogP) is 4.58. The second-order valence-corrected chi connectivity index (χ2v) is 8.53. The van der Waals surface area contributed by atoms with Crippen molar-refractivity contribution in [2.24, 2.45) is 23.7 Å². The molecule has 0 saturated heterocycles. The van der Waals surface area contributed by atoms with E-state index in [2.05, 4.69) is 5.32 Å². The minimum atomic E-state index is -0.721. The Morgan fingerprint density at radius 2 is 1.54 bits per heavy atom. The van der Waals surface area contributed by atoms with Gasteiger partial charge < -0.3 is 10.4 Å². The van der Waals surface area contributed by atoms with Gasteiger partial charge in [0.25, 0.3) is 5.91 Å². The van der Waals surface area contributed by atoms with Gasteiger partial charge in [0.15, 0.2) is 0 Å². The number of hydrogen-bond donors (Lipinski definition) is 2. The van der Waals surface area contributed by atoms with Crippen molar-refractivity contribution in [3.8, 4) is 0 Å². The molecule has 0 spiro atoms. The molecular weight excluding hydrogens is 322 g/mol. The highest BCUT2D eigenvalue weighted by Crippen LogP contribution is 2.61. The van der Waals surface area contributed by atoms with E-state index in [0.717, 1.165) is 48.8 Å². The van der Waals surface area contributed by atoms with E-state index in [4.69, 9.17) is 0 Å². The Morgan fingerprint density at radius 3 is 2.19 bits per heavy atom. The second-order valence-electron chi connectivity index (χ2n) is 8.53. The van der Waals surface area contributed by atoms with Crippen LogP contribution in [0, 0.1) is 23.7 Å². The summed E-state index contributed by atoms with van der Waals surface area (Å²) in [5.74, 6) is 2.27. The number of amides is 1. The fourth-order valence-corrected chi connectivity index (χ4v) is 6.01. The van der Waals surface area contributed by atoms with Gasteiger partial charge >= 0.3 is 0 Å². The van der Waals surface area contributed by atoms with Crippen molar-refractivity contribution in [3.05, 3.63) is 65.7 Å². The summed E-state index contributed by atoms with van der Waals surface area (Å²) in [6, 6.07) is 17.1. The number of hydrogen-bond acceptors (Lipinski definition) is 2. The van der Waals surface area contributed by atoms with Gasteiger partial charge in [-0.15, -0.1) is 0 Å². The van der Waals surface area contributed by atoms with E-state index in [1.165, 1.54) is 6.42 Å². The van der Waals surface area contributed by atoms with E-state index >= 15 is 0 Å². The Morgan fingerprint density at radius 1 is 0.885 bits per heavy atom. The minimum Gasteiger partial charge on any atom is -0.385 e. The largest absolute Gasteiger partial charge is 0.385 e. The first-order valence-electron chi connectivity index (χ1n) is 9.82. The quantitative estimate of drug-likeness (QED) is 0.854. The molecule has 4 bridgehead atoms. The molecule has 6 rings (SSSR count). The Balaban J connectivity index is 1.42. The number of aliphatic hydroxyl groups is 1. The van der Waals surface area contributed by atoms with Crippen LogP contribution in [0.2, 0.25) is 0 Å². The summed E-state index contributed by atoms with van der Waals surface area (Å²) < 4.78 is 0. The summed E-state index contributed by atoms with van der Waals surface area (Å²) in [6.45, 7) is 0. The number of rotatable bonds is 3. The third-order valence-corrected chi connectivity index (χ3v) is 7.00. The maximum absolute atomic E-state index is 12.5. The van der Waals surface area contributed by atoms with Gasteiger partial charge in [-0.25, -0.2) is 0 Å². The molecule has 2 N–H and O–H groups in total. The standard InChI is InChI=1S/C23H25NO2/c25-22(17-5-2-1-3-6-17)24-21-8-4-7-18(14-21)23(26)19-10-15-9-16(12-19)13-20(23)11-15/h1-8,14-16,19-20,26H,9-13H2,(H,24,25). The number of benzene rings is 2. The fraction of sp³-hybridized carbons (Fsp3) is 0.435. The van der Waals surface area contributed by atoms with E-state index in [9.17, 15) is 9.90 Å². The fourth-order valence-electron chi connectivity index (χ4n) is 6.01. The topological polar surface area (TPSA) is 49.3 Å². The molecule has 26 heavy (non-hydrogen) atoms. The van der Waals surface area contributed by atoms with E-state index in [0.29, 0.717) is 17.4 Å². The lowest BCUT2D eigenvalue weighted by molar-refractivity contribution is -0.179. The van der Waals surface area contributed by atoms with Crippen molar-refractivity contribution in [1.29, 1.82) is 0 Å². The van der Waals surface area contributed by atoms with Crippen LogP contribution < -0.4 is 5.32 Å². The van der Waals surface area contributed by atoms with Gasteiger partial charge in [-0.05, 0) is 85.6 Å². The van der Waals surface area contributed by atoms with Gasteiger partial charge in [-0.1, -0.05) is 30.3 Å². The van der Waals surface area contributed by atoms with Gasteiger partial charge in [-0.3, -0.25) is 4.79 Å². The maximum atomic E-state index is 12.5. The van der Waals surface area contributed by atoms with Crippen LogP contribution in [0.5, 0.6) is 0 Å². The molecule has 4 aliphatic carbocycles. The normalized spacial score (nSPS) is 34.7. The molecule has 0 aliphatic heterocycles. The summed E-state index contributed by atoms with van der Waals surface area (Å²) in [5, 5.41) is 14.7. The zero-order valence-electron chi connectivity index (χ0n) is 14.9. The van der Waals surface area contributed by atoms with E-state index < -0.39 is 5.60 Å². The van der Waals surface area contributed by atoms with Gasteiger partial charge in [-0.2, -0.15) is 0 Å². The Hall–Kier alpha value is -2.13. The monoisotopic (exact) mass is 347 g/mol. The molecule has 4 fully saturated rings. The summed E-state index contributed by atoms with van der Waals surface area (Å²) in [6.07, 6.45) is 6.00. The SMILES string of the molecule is O=C(Nc1cccc(C2(O)C3CC4CC(C3)CC2C4)c1)c1ccccc1. The second kappa shape index (κ2) is 5.95. The van der Waals surface area contributed by atoms with Crippen LogP contribution >= 0.6 is 0 Å². The smallest absolute Gasteiger partial charge is 0.255 e. The molecular formula is C23H25NO2. The zero-order valence-corrected chi connectivity index (χ0v) is 14.9. The highest BCUT2D eigenvalue weighted by Gasteiger charge is 2.57. The lowest BCUT2D eigenvalue weighted by Crippen LogP contribution is -2.55. The number of nitrogens with one attached hydrogen (secondary N) is 1. The van der Waals surface area contributed by atoms with Crippen LogP contribution in [-0.4, -0.2) is 11.0 Å². The Labute approximate surface area is 154 Å². The average molecular weight is 347 g/mol. The number of anilines is 1. The Bertz CT molecular complexity index is 801. The summed E-state index contributed by atoms with van der Waals surface area (Å²) in [7, 11) is 0. The van der Waals surface area contributed by atoms with Crippen molar-refractivity contribution in [1.82, 2.24) is 0 Å². The summed E-state index contributed by atoms with van der Waals surface area (Å²) in [5.41, 5.74) is 1.67. The first-order valence-corrected chi connectivity index (χ1v) is 9.82. The van der Waals surface area contributed by atoms with Crippen molar-refractivity contribution < 1.29 is 9.90 Å². The van der Waals surface area contributed by atoms with E-state index in [1.807, 2.05) is 54.6 Å². The van der Waals surface area contributed by atoms with Gasteiger partial charge in [0.05, 0.1) is 5.60 Å². The number of carbonyl (C=O) groups excluding carboxylic acids is 1. The van der Waals surface area contributed by atoms with Gasteiger partial charge in [0.1, 0.15) is 0 Å². The van der Waals surface area contributed by atoms with Crippen LogP contribution in [0.4, 0.5) is 5.69 Å². The predicted molar refractivity (Wildman–Crippen MR) is 102 cm³/mol. The summed E-state index contributed by atoms with van der Waals surface area (Å²) >= 11 is 0. The van der Waals surface area contributed by atoms with Gasteiger partial charge in [0.2, 0.25) is 0 Å². The molecule has 0 aromatic heterocycles. The molecule has 2 aromatic rings. The lowest BCUT2D eigenvalue weighted by Gasteiger charge is -2.59. The highest BCUT2D eigenvalue weighted by atomic mass is 16.3. The molecule has 0 atom stereocenters. The third kappa shape index (κ3) is 2.49. The average Bonchev–Trinajstić information content (AvgIpc) is 2.66. The lowest BCUT2D eigenvalue weighted by atomic mass is 9.48. The van der Waals surface area contributed by atoms with Crippen LogP contribution in [0.15, 0.2) is 54.6 Å². The van der Waals surface area contributed by atoms with Crippen LogP contribution in [0.25, 0.3) is 0 Å². The van der Waals surface area contributed by atoms with Crippen LogP contribution in [-0.2, 0) is 5.60 Å².